The zero-order chi connectivity index (χ0) is 21.5. The van der Waals surface area contributed by atoms with Gasteiger partial charge in [-0.15, -0.1) is 0 Å². The molecule has 0 aliphatic heterocycles. The minimum Gasteiger partial charge on any atom is -0.339 e. The van der Waals surface area contributed by atoms with Crippen molar-refractivity contribution in [2.45, 2.75) is 39.5 Å². The number of nitrogens with zero attached hydrogens (tertiary/aromatic N) is 2. The van der Waals surface area contributed by atoms with Gasteiger partial charge in [-0.1, -0.05) is 61.0 Å². The van der Waals surface area contributed by atoms with E-state index in [1.165, 1.54) is 5.56 Å². The first-order valence-electron chi connectivity index (χ1n) is 9.76. The van der Waals surface area contributed by atoms with Crippen molar-refractivity contribution in [3.63, 3.8) is 0 Å². The zero-order valence-electron chi connectivity index (χ0n) is 17.2. The fourth-order valence-electron chi connectivity index (χ4n) is 2.70. The summed E-state index contributed by atoms with van der Waals surface area (Å²) >= 11 is 5.21. The molecular weight excluding hydrogens is 398 g/mol. The molecule has 3 aromatic rings. The van der Waals surface area contributed by atoms with Crippen molar-refractivity contribution in [2.75, 3.05) is 5.32 Å². The molecule has 3 rings (SSSR count). The van der Waals surface area contributed by atoms with E-state index in [2.05, 4.69) is 40.2 Å². The number of hydrazine groups is 1. The Balaban J connectivity index is 1.41. The van der Waals surface area contributed by atoms with E-state index in [-0.39, 0.29) is 12.3 Å². The summed E-state index contributed by atoms with van der Waals surface area (Å²) in [5, 5.41) is 7.30. The van der Waals surface area contributed by atoms with Crippen LogP contribution in [0.1, 0.15) is 43.2 Å². The average molecular weight is 424 g/mol. The van der Waals surface area contributed by atoms with Crippen LogP contribution in [0.2, 0.25) is 0 Å². The van der Waals surface area contributed by atoms with Gasteiger partial charge in [-0.3, -0.25) is 15.6 Å². The van der Waals surface area contributed by atoms with E-state index in [1.807, 2.05) is 55.5 Å². The highest BCUT2D eigenvalue weighted by atomic mass is 32.1. The van der Waals surface area contributed by atoms with Gasteiger partial charge in [-0.25, -0.2) is 0 Å². The summed E-state index contributed by atoms with van der Waals surface area (Å²) in [6.07, 6.45) is 0.525. The van der Waals surface area contributed by atoms with Crippen LogP contribution in [0.3, 0.4) is 0 Å². The van der Waals surface area contributed by atoms with Gasteiger partial charge in [0.25, 0.3) is 0 Å². The van der Waals surface area contributed by atoms with Crippen LogP contribution in [0, 0.1) is 6.92 Å². The molecule has 0 spiro atoms. The van der Waals surface area contributed by atoms with E-state index in [0.29, 0.717) is 29.2 Å². The molecule has 0 aliphatic carbocycles. The summed E-state index contributed by atoms with van der Waals surface area (Å²) in [5.41, 5.74) is 9.39. The molecule has 7 nitrogen and oxygen atoms in total. The highest BCUT2D eigenvalue weighted by Crippen LogP contribution is 2.18. The Hall–Kier alpha value is -3.26. The summed E-state index contributed by atoms with van der Waals surface area (Å²) < 4.78 is 5.23. The van der Waals surface area contributed by atoms with E-state index in [9.17, 15) is 4.79 Å². The molecule has 0 atom stereocenters. The second-order valence-electron chi connectivity index (χ2n) is 7.28. The molecule has 0 saturated heterocycles. The van der Waals surface area contributed by atoms with Crippen LogP contribution in [0.5, 0.6) is 0 Å². The Kier molecular flexibility index (Phi) is 7.13. The van der Waals surface area contributed by atoms with Crippen LogP contribution in [0.4, 0.5) is 5.69 Å². The number of carbonyl (C=O) groups excluding carboxylic acids is 1. The molecule has 0 fully saturated rings. The Morgan fingerprint density at radius 2 is 1.77 bits per heavy atom. The van der Waals surface area contributed by atoms with Crippen LogP contribution >= 0.6 is 12.2 Å². The molecule has 3 N–H and O–H groups in total. The summed E-state index contributed by atoms with van der Waals surface area (Å²) in [7, 11) is 0. The first-order chi connectivity index (χ1) is 14.4. The van der Waals surface area contributed by atoms with E-state index < -0.39 is 0 Å². The van der Waals surface area contributed by atoms with Crippen molar-refractivity contribution in [2.24, 2.45) is 0 Å². The van der Waals surface area contributed by atoms with Crippen LogP contribution in [-0.4, -0.2) is 21.2 Å². The third kappa shape index (κ3) is 6.12. The molecule has 8 heteroatoms. The van der Waals surface area contributed by atoms with E-state index in [0.717, 1.165) is 16.8 Å². The number of aryl methyl sites for hydroxylation is 2. The van der Waals surface area contributed by atoms with E-state index in [4.69, 9.17) is 16.7 Å². The monoisotopic (exact) mass is 423 g/mol. The topological polar surface area (TPSA) is 92.1 Å². The molecular formula is C22H25N5O2S. The van der Waals surface area contributed by atoms with Gasteiger partial charge in [0.2, 0.25) is 17.6 Å². The number of thiocarbonyl (C=S) groups is 1. The number of aromatic nitrogens is 2. The van der Waals surface area contributed by atoms with Crippen LogP contribution in [0.25, 0.3) is 11.4 Å². The molecule has 30 heavy (non-hydrogen) atoms. The van der Waals surface area contributed by atoms with Gasteiger partial charge in [0, 0.05) is 24.1 Å². The average Bonchev–Trinajstić information content (AvgIpc) is 3.21. The highest BCUT2D eigenvalue weighted by Gasteiger charge is 2.11. The van der Waals surface area contributed by atoms with Crippen molar-refractivity contribution in [1.82, 2.24) is 21.0 Å². The fraction of sp³-hybridized carbons (Fsp3) is 0.273. The van der Waals surface area contributed by atoms with Gasteiger partial charge in [-0.05, 0) is 42.8 Å². The lowest BCUT2D eigenvalue weighted by atomic mass is 10.0. The molecule has 0 saturated carbocycles. The lowest BCUT2D eigenvalue weighted by molar-refractivity contribution is -0.121. The van der Waals surface area contributed by atoms with Crippen molar-refractivity contribution in [1.29, 1.82) is 0 Å². The first kappa shape index (κ1) is 21.4. The van der Waals surface area contributed by atoms with Crippen LogP contribution < -0.4 is 16.2 Å². The minimum atomic E-state index is -0.232. The molecule has 0 bridgehead atoms. The number of anilines is 1. The number of hydrogen-bond donors (Lipinski definition) is 3. The SMILES string of the molecule is Cc1ccc(-c2noc(CCC(=O)NNC(=S)Nc3ccc(C(C)C)cc3)n2)cc1. The van der Waals surface area contributed by atoms with Gasteiger partial charge >= 0.3 is 0 Å². The maximum absolute atomic E-state index is 12.1. The standard InChI is InChI=1S/C22H25N5O2S/c1-14(2)16-8-10-18(11-9-16)23-22(30)26-25-19(28)12-13-20-24-21(27-29-20)17-6-4-15(3)5-7-17/h4-11,14H,12-13H2,1-3H3,(H,25,28)(H2,23,26,30). The molecule has 156 valence electrons. The summed E-state index contributed by atoms with van der Waals surface area (Å²) in [6, 6.07) is 15.8. The number of carbonyl (C=O) groups is 1. The maximum atomic E-state index is 12.1. The molecule has 2 aromatic carbocycles. The molecule has 0 radical (unpaired) electrons. The predicted octanol–water partition coefficient (Wildman–Crippen LogP) is 4.12. The summed E-state index contributed by atoms with van der Waals surface area (Å²) in [5.74, 6) is 1.16. The highest BCUT2D eigenvalue weighted by molar-refractivity contribution is 7.80. The van der Waals surface area contributed by atoms with Crippen LogP contribution in [0.15, 0.2) is 53.1 Å². The van der Waals surface area contributed by atoms with Crippen molar-refractivity contribution in [3.05, 3.63) is 65.5 Å². The smallest absolute Gasteiger partial charge is 0.238 e. The molecule has 1 aromatic heterocycles. The maximum Gasteiger partial charge on any atom is 0.238 e. The Morgan fingerprint density at radius 3 is 2.43 bits per heavy atom. The fourth-order valence-corrected chi connectivity index (χ4v) is 2.87. The second kappa shape index (κ2) is 9.98. The second-order valence-corrected chi connectivity index (χ2v) is 7.69. The lowest BCUT2D eigenvalue weighted by Gasteiger charge is -2.12. The third-order valence-electron chi connectivity index (χ3n) is 4.49. The predicted molar refractivity (Wildman–Crippen MR) is 121 cm³/mol. The van der Waals surface area contributed by atoms with E-state index >= 15 is 0 Å². The van der Waals surface area contributed by atoms with Gasteiger partial charge in [0.05, 0.1) is 0 Å². The van der Waals surface area contributed by atoms with Gasteiger partial charge in [0.1, 0.15) is 0 Å². The Labute approximate surface area is 181 Å². The van der Waals surface area contributed by atoms with Crippen molar-refractivity contribution in [3.8, 4) is 11.4 Å². The molecule has 0 aliphatic rings. The lowest BCUT2D eigenvalue weighted by Crippen LogP contribution is -2.43. The summed E-state index contributed by atoms with van der Waals surface area (Å²) in [6.45, 7) is 6.30. The number of rotatable bonds is 6. The van der Waals surface area contributed by atoms with Crippen LogP contribution in [-0.2, 0) is 11.2 Å². The summed E-state index contributed by atoms with van der Waals surface area (Å²) in [4.78, 5) is 16.4. The van der Waals surface area contributed by atoms with Gasteiger partial charge < -0.3 is 9.84 Å². The number of amides is 1. The Morgan fingerprint density at radius 1 is 1.07 bits per heavy atom. The first-order valence-corrected chi connectivity index (χ1v) is 10.2. The van der Waals surface area contributed by atoms with E-state index in [1.54, 1.807) is 0 Å². The Bertz CT molecular complexity index is 997. The normalized spacial score (nSPS) is 10.7. The zero-order valence-corrected chi connectivity index (χ0v) is 18.0. The quantitative estimate of drug-likeness (QED) is 0.406. The molecule has 0 unspecified atom stereocenters. The van der Waals surface area contributed by atoms with Gasteiger partial charge in [-0.2, -0.15) is 4.98 Å². The third-order valence-corrected chi connectivity index (χ3v) is 4.70. The van der Waals surface area contributed by atoms with Gasteiger partial charge in [0.15, 0.2) is 5.11 Å². The number of nitrogens with one attached hydrogen (secondary N) is 3. The molecule has 1 amide bonds. The van der Waals surface area contributed by atoms with Crippen molar-refractivity contribution >= 4 is 28.9 Å². The molecule has 1 heterocycles. The van der Waals surface area contributed by atoms with Crippen molar-refractivity contribution < 1.29 is 9.32 Å². The number of hydrogen-bond acceptors (Lipinski definition) is 5. The largest absolute Gasteiger partial charge is 0.339 e. The minimum absolute atomic E-state index is 0.189. The number of benzene rings is 2.